The molecule has 1 N–H and O–H groups in total. The third-order valence-electron chi connectivity index (χ3n) is 2.86. The van der Waals surface area contributed by atoms with Gasteiger partial charge >= 0.3 is 5.97 Å². The molecule has 0 amide bonds. The number of carbonyl (C=O) groups is 1. The van der Waals surface area contributed by atoms with Crippen molar-refractivity contribution in [1.82, 2.24) is 9.78 Å². The van der Waals surface area contributed by atoms with Crippen LogP contribution in [0.2, 0.25) is 0 Å². The number of hydrogen-bond donors (Lipinski definition) is 1. The molecule has 0 aromatic carbocycles. The lowest BCUT2D eigenvalue weighted by Gasteiger charge is -2.22. The fourth-order valence-electron chi connectivity index (χ4n) is 2.05. The van der Waals surface area contributed by atoms with Crippen LogP contribution in [0.3, 0.4) is 0 Å². The highest BCUT2D eigenvalue weighted by Crippen LogP contribution is 2.46. The average molecular weight is 226 g/mol. The van der Waals surface area contributed by atoms with Crippen molar-refractivity contribution < 1.29 is 9.90 Å². The lowest BCUT2D eigenvalue weighted by atomic mass is 10.0. The number of nitrogens with zero attached hydrogens (tertiary/aromatic N) is 2. The highest BCUT2D eigenvalue weighted by molar-refractivity contribution is 8.00. The second-order valence-electron chi connectivity index (χ2n) is 4.03. The molecule has 1 fully saturated rings. The summed E-state index contributed by atoms with van der Waals surface area (Å²) in [6.45, 7) is 2.16. The van der Waals surface area contributed by atoms with Crippen LogP contribution in [0.1, 0.15) is 35.9 Å². The Bertz CT molecular complexity index is 394. The molecule has 1 aliphatic heterocycles. The molecular formula is C10H14N2O2S. The Kier molecular flexibility index (Phi) is 2.50. The van der Waals surface area contributed by atoms with Gasteiger partial charge < -0.3 is 5.11 Å². The number of thioether (sulfide) groups is 1. The number of aromatic nitrogens is 2. The monoisotopic (exact) mass is 226 g/mol. The van der Waals surface area contributed by atoms with Crippen LogP contribution in [0, 0.1) is 0 Å². The summed E-state index contributed by atoms with van der Waals surface area (Å²) in [6, 6.07) is 1.70. The minimum atomic E-state index is -0.955. The van der Waals surface area contributed by atoms with Gasteiger partial charge in [0.05, 0.1) is 10.4 Å². The van der Waals surface area contributed by atoms with Crippen LogP contribution in [0.4, 0.5) is 0 Å². The Morgan fingerprint density at radius 3 is 2.93 bits per heavy atom. The second kappa shape index (κ2) is 3.56. The summed E-state index contributed by atoms with van der Waals surface area (Å²) < 4.78 is 1.73. The molecule has 1 atom stereocenters. The maximum atomic E-state index is 10.8. The molecule has 15 heavy (non-hydrogen) atoms. The van der Waals surface area contributed by atoms with E-state index in [0.29, 0.717) is 0 Å². The summed E-state index contributed by atoms with van der Waals surface area (Å²) in [5.74, 6) is 0.188. The summed E-state index contributed by atoms with van der Waals surface area (Å²) >= 11 is 1.88. The summed E-state index contributed by atoms with van der Waals surface area (Å²) in [5.41, 5.74) is 1.16. The molecule has 0 spiro atoms. The predicted molar refractivity (Wildman–Crippen MR) is 59.2 cm³/mol. The van der Waals surface area contributed by atoms with E-state index in [0.717, 1.165) is 17.9 Å². The predicted octanol–water partition coefficient (Wildman–Crippen LogP) is 1.86. The van der Waals surface area contributed by atoms with Gasteiger partial charge in [-0.15, -0.1) is 11.8 Å². The second-order valence-corrected chi connectivity index (χ2v) is 5.62. The van der Waals surface area contributed by atoms with Gasteiger partial charge in [0.2, 0.25) is 0 Å². The normalized spacial score (nSPS) is 25.7. The molecule has 5 heteroatoms. The van der Waals surface area contributed by atoms with Crippen molar-refractivity contribution in [2.75, 3.05) is 5.75 Å². The number of aromatic carboxylic acids is 1. The highest BCUT2D eigenvalue weighted by Gasteiger charge is 2.34. The lowest BCUT2D eigenvalue weighted by Crippen LogP contribution is -2.17. The van der Waals surface area contributed by atoms with Crippen molar-refractivity contribution in [3.8, 4) is 0 Å². The summed E-state index contributed by atoms with van der Waals surface area (Å²) in [6.07, 6.45) is 2.28. The van der Waals surface area contributed by atoms with E-state index in [9.17, 15) is 4.79 Å². The number of carboxylic acid groups (broad SMARTS) is 1. The van der Waals surface area contributed by atoms with E-state index in [2.05, 4.69) is 12.0 Å². The fraction of sp³-hybridized carbons (Fsp3) is 0.600. The molecule has 4 nitrogen and oxygen atoms in total. The van der Waals surface area contributed by atoms with Crippen LogP contribution in [0.15, 0.2) is 6.07 Å². The molecule has 1 aromatic heterocycles. The van der Waals surface area contributed by atoms with Crippen LogP contribution < -0.4 is 0 Å². The van der Waals surface area contributed by atoms with E-state index in [1.54, 1.807) is 10.7 Å². The van der Waals surface area contributed by atoms with Gasteiger partial charge in [-0.3, -0.25) is 4.68 Å². The molecule has 0 bridgehead atoms. The summed E-state index contributed by atoms with van der Waals surface area (Å²) in [4.78, 5) is 10.8. The van der Waals surface area contributed by atoms with E-state index < -0.39 is 5.97 Å². The van der Waals surface area contributed by atoms with E-state index in [1.807, 2.05) is 18.8 Å². The van der Waals surface area contributed by atoms with Crippen molar-refractivity contribution >= 4 is 17.7 Å². The Balaban J connectivity index is 2.39. The quantitative estimate of drug-likeness (QED) is 0.836. The fourth-order valence-corrected chi connectivity index (χ4v) is 3.41. The van der Waals surface area contributed by atoms with Gasteiger partial charge in [0, 0.05) is 7.05 Å². The van der Waals surface area contributed by atoms with Crippen LogP contribution >= 0.6 is 11.8 Å². The van der Waals surface area contributed by atoms with E-state index >= 15 is 0 Å². The molecule has 1 aromatic rings. The summed E-state index contributed by atoms with van der Waals surface area (Å²) in [7, 11) is 1.81. The van der Waals surface area contributed by atoms with Gasteiger partial charge in [0.1, 0.15) is 0 Å². The third kappa shape index (κ3) is 1.76. The van der Waals surface area contributed by atoms with Crippen molar-refractivity contribution in [2.45, 2.75) is 24.5 Å². The molecule has 0 radical (unpaired) electrons. The molecule has 82 valence electrons. The largest absolute Gasteiger partial charge is 0.476 e. The molecule has 1 saturated heterocycles. The molecule has 2 heterocycles. The van der Waals surface area contributed by atoms with E-state index in [4.69, 9.17) is 5.11 Å². The van der Waals surface area contributed by atoms with Gasteiger partial charge in [0.25, 0.3) is 0 Å². The number of aryl methyl sites for hydroxylation is 1. The first-order valence-electron chi connectivity index (χ1n) is 4.95. The Morgan fingerprint density at radius 1 is 1.73 bits per heavy atom. The third-order valence-corrected chi connectivity index (χ3v) is 4.40. The van der Waals surface area contributed by atoms with Crippen molar-refractivity contribution in [2.24, 2.45) is 7.05 Å². The van der Waals surface area contributed by atoms with E-state index in [1.165, 1.54) is 6.42 Å². The molecule has 0 saturated carbocycles. The average Bonchev–Trinajstić information content (AvgIpc) is 2.73. The maximum absolute atomic E-state index is 10.8. The molecule has 1 unspecified atom stereocenters. The smallest absolute Gasteiger partial charge is 0.356 e. The molecule has 0 aliphatic carbocycles. The number of carboxylic acids is 1. The van der Waals surface area contributed by atoms with Crippen LogP contribution in [-0.4, -0.2) is 26.6 Å². The van der Waals surface area contributed by atoms with Crippen molar-refractivity contribution in [3.05, 3.63) is 17.5 Å². The molecule has 1 aliphatic rings. The van der Waals surface area contributed by atoms with Gasteiger partial charge in [-0.25, -0.2) is 4.79 Å². The first kappa shape index (κ1) is 10.5. The van der Waals surface area contributed by atoms with Gasteiger partial charge in [-0.05, 0) is 31.6 Å². The van der Waals surface area contributed by atoms with Crippen LogP contribution in [0.25, 0.3) is 0 Å². The minimum Gasteiger partial charge on any atom is -0.476 e. The first-order chi connectivity index (χ1) is 7.03. The van der Waals surface area contributed by atoms with Crippen LogP contribution in [0.5, 0.6) is 0 Å². The summed E-state index contributed by atoms with van der Waals surface area (Å²) in [5, 5.41) is 12.9. The lowest BCUT2D eigenvalue weighted by molar-refractivity contribution is 0.0689. The molecule has 2 rings (SSSR count). The van der Waals surface area contributed by atoms with Crippen LogP contribution in [-0.2, 0) is 11.8 Å². The number of hydrogen-bond acceptors (Lipinski definition) is 3. The molecular weight excluding hydrogens is 212 g/mol. The van der Waals surface area contributed by atoms with Gasteiger partial charge in [-0.2, -0.15) is 5.10 Å². The van der Waals surface area contributed by atoms with Gasteiger partial charge in [0.15, 0.2) is 5.69 Å². The van der Waals surface area contributed by atoms with Crippen molar-refractivity contribution in [1.29, 1.82) is 0 Å². The number of rotatable bonds is 2. The Hall–Kier alpha value is -0.970. The Morgan fingerprint density at radius 2 is 2.47 bits per heavy atom. The zero-order chi connectivity index (χ0) is 11.1. The Labute approximate surface area is 92.7 Å². The zero-order valence-corrected chi connectivity index (χ0v) is 9.67. The maximum Gasteiger partial charge on any atom is 0.356 e. The standard InChI is InChI=1S/C10H14N2O2S/c1-10(4-3-5-15-10)8-6-7(9(13)14)11-12(8)2/h6H,3-5H2,1-2H3,(H,13,14). The van der Waals surface area contributed by atoms with Gasteiger partial charge in [-0.1, -0.05) is 0 Å². The minimum absolute atomic E-state index is 0.0372. The first-order valence-corrected chi connectivity index (χ1v) is 5.93. The highest BCUT2D eigenvalue weighted by atomic mass is 32.2. The van der Waals surface area contributed by atoms with Crippen molar-refractivity contribution in [3.63, 3.8) is 0 Å². The zero-order valence-electron chi connectivity index (χ0n) is 8.86. The van der Waals surface area contributed by atoms with E-state index in [-0.39, 0.29) is 10.4 Å². The topological polar surface area (TPSA) is 55.1 Å². The SMILES string of the molecule is Cn1nc(C(=O)O)cc1C1(C)CCCS1.